The second-order valence-electron chi connectivity index (χ2n) is 5.43. The molecule has 1 aromatic rings. The molecule has 0 saturated heterocycles. The van der Waals surface area contributed by atoms with Crippen LogP contribution in [0.3, 0.4) is 0 Å². The lowest BCUT2D eigenvalue weighted by atomic mass is 10.1. The maximum Gasteiger partial charge on any atom is 0.191 e. The third-order valence-corrected chi connectivity index (χ3v) is 3.16. The topological polar surface area (TPSA) is 69.4 Å². The average molecular weight is 306 g/mol. The van der Waals surface area contributed by atoms with Gasteiger partial charge in [0, 0.05) is 25.8 Å². The van der Waals surface area contributed by atoms with Gasteiger partial charge in [-0.1, -0.05) is 0 Å². The Labute approximate surface area is 131 Å². The molecule has 0 fully saturated rings. The Morgan fingerprint density at radius 3 is 2.73 bits per heavy atom. The minimum Gasteiger partial charge on any atom is -0.377 e. The van der Waals surface area contributed by atoms with Crippen LogP contribution in [0.15, 0.2) is 23.2 Å². The maximum atomic E-state index is 13.7. The number of ether oxygens (including phenoxy) is 1. The minimum atomic E-state index is -0.365. The smallest absolute Gasteiger partial charge is 0.191 e. The highest BCUT2D eigenvalue weighted by molar-refractivity contribution is 5.79. The number of guanidine groups is 1. The molecule has 5 nitrogen and oxygen atoms in total. The SMILES string of the molecule is CCNC(=NCc1cc(C#N)ccc1F)NCC(C)(C)OC. The largest absolute Gasteiger partial charge is 0.377 e. The molecule has 0 aromatic heterocycles. The van der Waals surface area contributed by atoms with Crippen LogP contribution in [0.2, 0.25) is 0 Å². The predicted octanol–water partition coefficient (Wildman–Crippen LogP) is 2.18. The van der Waals surface area contributed by atoms with Crippen LogP contribution in [0.1, 0.15) is 31.9 Å². The third kappa shape index (κ3) is 5.70. The van der Waals surface area contributed by atoms with Gasteiger partial charge in [0.15, 0.2) is 5.96 Å². The minimum absolute atomic E-state index is 0.157. The van der Waals surface area contributed by atoms with Gasteiger partial charge in [-0.05, 0) is 39.0 Å². The fourth-order valence-corrected chi connectivity index (χ4v) is 1.64. The highest BCUT2D eigenvalue weighted by Gasteiger charge is 2.16. The van der Waals surface area contributed by atoms with Crippen LogP contribution in [-0.4, -0.2) is 31.8 Å². The van der Waals surface area contributed by atoms with Crippen LogP contribution in [0.5, 0.6) is 0 Å². The van der Waals surface area contributed by atoms with E-state index in [0.29, 0.717) is 30.2 Å². The number of nitrogens with zero attached hydrogens (tertiary/aromatic N) is 2. The number of rotatable bonds is 6. The molecule has 0 heterocycles. The molecule has 0 saturated carbocycles. The van der Waals surface area contributed by atoms with E-state index in [2.05, 4.69) is 15.6 Å². The standard InChI is InChI=1S/C16H23FN4O/c1-5-19-15(21-11-16(2,3)22-4)20-10-13-8-12(9-18)6-7-14(13)17/h6-8H,5,10-11H2,1-4H3,(H2,19,20,21). The summed E-state index contributed by atoms with van der Waals surface area (Å²) in [6.07, 6.45) is 0. The summed E-state index contributed by atoms with van der Waals surface area (Å²) in [7, 11) is 1.65. The Bertz CT molecular complexity index is 564. The Balaban J connectivity index is 2.80. The number of nitriles is 1. The van der Waals surface area contributed by atoms with Gasteiger partial charge in [-0.25, -0.2) is 9.38 Å². The Hall–Kier alpha value is -2.13. The highest BCUT2D eigenvalue weighted by atomic mass is 19.1. The van der Waals surface area contributed by atoms with Crippen LogP contribution < -0.4 is 10.6 Å². The molecule has 0 radical (unpaired) electrons. The van der Waals surface area contributed by atoms with Crippen molar-refractivity contribution in [3.63, 3.8) is 0 Å². The van der Waals surface area contributed by atoms with E-state index in [1.54, 1.807) is 7.11 Å². The molecule has 1 rings (SSSR count). The average Bonchev–Trinajstić information content (AvgIpc) is 2.51. The molecule has 2 N–H and O–H groups in total. The van der Waals surface area contributed by atoms with Crippen molar-refractivity contribution in [3.05, 3.63) is 35.1 Å². The van der Waals surface area contributed by atoms with E-state index in [1.165, 1.54) is 18.2 Å². The quantitative estimate of drug-likeness (QED) is 0.624. The zero-order valence-electron chi connectivity index (χ0n) is 13.5. The molecular weight excluding hydrogens is 283 g/mol. The number of aliphatic imine (C=N–C) groups is 1. The zero-order valence-corrected chi connectivity index (χ0v) is 13.5. The highest BCUT2D eigenvalue weighted by Crippen LogP contribution is 2.11. The van der Waals surface area contributed by atoms with Crippen molar-refractivity contribution in [2.24, 2.45) is 4.99 Å². The van der Waals surface area contributed by atoms with E-state index in [4.69, 9.17) is 10.00 Å². The summed E-state index contributed by atoms with van der Waals surface area (Å²) in [6.45, 7) is 7.29. The predicted molar refractivity (Wildman–Crippen MR) is 85.0 cm³/mol. The molecule has 0 bridgehead atoms. The molecule has 1 aromatic carbocycles. The number of hydrogen-bond donors (Lipinski definition) is 2. The fourth-order valence-electron chi connectivity index (χ4n) is 1.64. The fraction of sp³-hybridized carbons (Fsp3) is 0.500. The summed E-state index contributed by atoms with van der Waals surface area (Å²) >= 11 is 0. The number of nitrogens with one attached hydrogen (secondary N) is 2. The monoisotopic (exact) mass is 306 g/mol. The van der Waals surface area contributed by atoms with Gasteiger partial charge in [0.1, 0.15) is 5.82 Å². The number of benzene rings is 1. The zero-order chi connectivity index (χ0) is 16.6. The molecule has 6 heteroatoms. The van der Waals surface area contributed by atoms with E-state index in [9.17, 15) is 4.39 Å². The van der Waals surface area contributed by atoms with Crippen LogP contribution >= 0.6 is 0 Å². The Morgan fingerprint density at radius 1 is 1.41 bits per heavy atom. The van der Waals surface area contributed by atoms with E-state index >= 15 is 0 Å². The molecule has 0 aliphatic heterocycles. The summed E-state index contributed by atoms with van der Waals surface area (Å²) in [6, 6.07) is 6.25. The van der Waals surface area contributed by atoms with Gasteiger partial charge < -0.3 is 15.4 Å². The van der Waals surface area contributed by atoms with Gasteiger partial charge in [0.2, 0.25) is 0 Å². The van der Waals surface area contributed by atoms with Crippen molar-refractivity contribution >= 4 is 5.96 Å². The van der Waals surface area contributed by atoms with Crippen molar-refractivity contribution in [2.45, 2.75) is 32.9 Å². The molecule has 0 aliphatic rings. The maximum absolute atomic E-state index is 13.7. The van der Waals surface area contributed by atoms with Crippen LogP contribution in [0.25, 0.3) is 0 Å². The molecule has 22 heavy (non-hydrogen) atoms. The first-order valence-electron chi connectivity index (χ1n) is 7.17. The molecule has 0 spiro atoms. The van der Waals surface area contributed by atoms with Gasteiger partial charge in [-0.2, -0.15) is 5.26 Å². The van der Waals surface area contributed by atoms with Gasteiger partial charge in [-0.15, -0.1) is 0 Å². The van der Waals surface area contributed by atoms with Gasteiger partial charge in [0.25, 0.3) is 0 Å². The molecule has 0 amide bonds. The third-order valence-electron chi connectivity index (χ3n) is 3.16. The van der Waals surface area contributed by atoms with Crippen LogP contribution in [0.4, 0.5) is 4.39 Å². The van der Waals surface area contributed by atoms with E-state index in [-0.39, 0.29) is 18.0 Å². The number of methoxy groups -OCH3 is 1. The Kier molecular flexibility index (Phi) is 6.80. The Morgan fingerprint density at radius 2 is 2.14 bits per heavy atom. The number of halogens is 1. The van der Waals surface area contributed by atoms with E-state index in [1.807, 2.05) is 26.8 Å². The first-order chi connectivity index (χ1) is 10.4. The normalized spacial score (nSPS) is 11.9. The van der Waals surface area contributed by atoms with Crippen LogP contribution in [-0.2, 0) is 11.3 Å². The number of hydrogen-bond acceptors (Lipinski definition) is 3. The summed E-state index contributed by atoms with van der Waals surface area (Å²) in [5.74, 6) is 0.213. The van der Waals surface area contributed by atoms with Crippen molar-refractivity contribution in [1.82, 2.24) is 10.6 Å². The summed E-state index contributed by atoms with van der Waals surface area (Å²) in [4.78, 5) is 4.35. The molecule has 0 aliphatic carbocycles. The second kappa shape index (κ2) is 8.35. The second-order valence-corrected chi connectivity index (χ2v) is 5.43. The van der Waals surface area contributed by atoms with Crippen molar-refractivity contribution in [2.75, 3.05) is 20.2 Å². The summed E-state index contributed by atoms with van der Waals surface area (Å²) in [5, 5.41) is 15.1. The lowest BCUT2D eigenvalue weighted by molar-refractivity contribution is 0.0268. The van der Waals surface area contributed by atoms with Crippen molar-refractivity contribution < 1.29 is 9.13 Å². The molecule has 120 valence electrons. The van der Waals surface area contributed by atoms with Gasteiger partial charge in [0.05, 0.1) is 23.8 Å². The van der Waals surface area contributed by atoms with Crippen LogP contribution in [0, 0.1) is 17.1 Å². The van der Waals surface area contributed by atoms with Crippen molar-refractivity contribution in [1.29, 1.82) is 5.26 Å². The lowest BCUT2D eigenvalue weighted by Crippen LogP contribution is -2.45. The van der Waals surface area contributed by atoms with E-state index in [0.717, 1.165) is 0 Å². The molecular formula is C16H23FN4O. The van der Waals surface area contributed by atoms with E-state index < -0.39 is 0 Å². The molecule has 0 atom stereocenters. The van der Waals surface area contributed by atoms with Crippen molar-refractivity contribution in [3.8, 4) is 6.07 Å². The first-order valence-corrected chi connectivity index (χ1v) is 7.17. The molecule has 0 unspecified atom stereocenters. The first kappa shape index (κ1) is 17.9. The van der Waals surface area contributed by atoms with Gasteiger partial charge in [-0.3, -0.25) is 0 Å². The van der Waals surface area contributed by atoms with Gasteiger partial charge >= 0.3 is 0 Å². The lowest BCUT2D eigenvalue weighted by Gasteiger charge is -2.24. The summed E-state index contributed by atoms with van der Waals surface area (Å²) in [5.41, 5.74) is 0.481. The summed E-state index contributed by atoms with van der Waals surface area (Å²) < 4.78 is 19.1.